The summed E-state index contributed by atoms with van der Waals surface area (Å²) in [4.78, 5) is 16.2. The predicted octanol–water partition coefficient (Wildman–Crippen LogP) is 2.82. The van der Waals surface area contributed by atoms with E-state index >= 15 is 0 Å². The van der Waals surface area contributed by atoms with Gasteiger partial charge in [0.15, 0.2) is 0 Å². The lowest BCUT2D eigenvalue weighted by Gasteiger charge is -2.11. The third-order valence-electron chi connectivity index (χ3n) is 2.69. The number of amides is 1. The van der Waals surface area contributed by atoms with Crippen LogP contribution in [0.2, 0.25) is 5.02 Å². The van der Waals surface area contributed by atoms with Gasteiger partial charge < -0.3 is 15.8 Å². The van der Waals surface area contributed by atoms with E-state index in [0.29, 0.717) is 28.7 Å². The fraction of sp³-hybridized carbons (Fsp3) is 0.231. The molecule has 0 aliphatic carbocycles. The fourth-order valence-electron chi connectivity index (χ4n) is 1.63. The largest absolute Gasteiger partial charge is 0.495 e. The van der Waals surface area contributed by atoms with Crippen LogP contribution in [0.4, 0.5) is 5.69 Å². The van der Waals surface area contributed by atoms with Crippen LogP contribution >= 0.6 is 22.9 Å². The predicted molar refractivity (Wildman–Crippen MR) is 80.7 cm³/mol. The minimum atomic E-state index is -0.305. The number of methoxy groups -OCH3 is 1. The van der Waals surface area contributed by atoms with Gasteiger partial charge in [0.25, 0.3) is 5.91 Å². The summed E-state index contributed by atoms with van der Waals surface area (Å²) in [5, 5.41) is 5.74. The van der Waals surface area contributed by atoms with Gasteiger partial charge in [0.2, 0.25) is 0 Å². The van der Waals surface area contributed by atoms with Crippen molar-refractivity contribution in [3.8, 4) is 5.75 Å². The molecule has 0 saturated carbocycles. The van der Waals surface area contributed by atoms with Gasteiger partial charge in [0.05, 0.1) is 12.8 Å². The van der Waals surface area contributed by atoms with Crippen molar-refractivity contribution in [2.75, 3.05) is 12.4 Å². The molecule has 5 nitrogen and oxygen atoms in total. The van der Waals surface area contributed by atoms with Crippen LogP contribution in [0.25, 0.3) is 0 Å². The molecule has 2 aromatic rings. The fourth-order valence-corrected chi connectivity index (χ4v) is 2.43. The summed E-state index contributed by atoms with van der Waals surface area (Å²) in [5.74, 6) is 0.198. The number of anilines is 1. The number of nitrogens with one attached hydrogen (secondary N) is 1. The molecular weight excluding hydrogens is 298 g/mol. The van der Waals surface area contributed by atoms with E-state index in [4.69, 9.17) is 22.1 Å². The van der Waals surface area contributed by atoms with Crippen molar-refractivity contribution in [2.24, 2.45) is 5.73 Å². The van der Waals surface area contributed by atoms with Crippen LogP contribution in [0.5, 0.6) is 5.75 Å². The van der Waals surface area contributed by atoms with E-state index in [9.17, 15) is 4.79 Å². The van der Waals surface area contributed by atoms with Gasteiger partial charge in [-0.3, -0.25) is 4.79 Å². The zero-order valence-corrected chi connectivity index (χ0v) is 12.6. The Hall–Kier alpha value is -1.63. The number of thiazole rings is 1. The first-order chi connectivity index (χ1) is 9.55. The maximum Gasteiger partial charge on any atom is 0.275 e. The molecule has 7 heteroatoms. The van der Waals surface area contributed by atoms with Gasteiger partial charge >= 0.3 is 0 Å². The van der Waals surface area contributed by atoms with Crippen molar-refractivity contribution in [3.63, 3.8) is 0 Å². The highest BCUT2D eigenvalue weighted by Crippen LogP contribution is 2.31. The average molecular weight is 312 g/mol. The molecule has 0 aliphatic heterocycles. The monoisotopic (exact) mass is 311 g/mol. The Balaban J connectivity index is 2.25. The number of ether oxygens (including phenoxy) is 1. The zero-order valence-electron chi connectivity index (χ0n) is 11.1. The molecule has 3 N–H and O–H groups in total. The summed E-state index contributed by atoms with van der Waals surface area (Å²) < 4.78 is 5.21. The van der Waals surface area contributed by atoms with Crippen molar-refractivity contribution in [1.29, 1.82) is 0 Å². The third kappa shape index (κ3) is 3.09. The average Bonchev–Trinajstić information content (AvgIpc) is 2.91. The van der Waals surface area contributed by atoms with E-state index in [0.717, 1.165) is 10.6 Å². The van der Waals surface area contributed by atoms with Crippen molar-refractivity contribution in [3.05, 3.63) is 38.8 Å². The second-order valence-corrected chi connectivity index (χ2v) is 5.44. The molecule has 0 fully saturated rings. The lowest BCUT2D eigenvalue weighted by molar-refractivity contribution is 0.102. The number of nitrogens with zero attached hydrogens (tertiary/aromatic N) is 1. The van der Waals surface area contributed by atoms with Crippen LogP contribution in [0.15, 0.2) is 17.5 Å². The molecule has 0 aliphatic rings. The third-order valence-corrected chi connectivity index (χ3v) is 3.97. The Morgan fingerprint density at radius 3 is 2.90 bits per heavy atom. The summed E-state index contributed by atoms with van der Waals surface area (Å²) in [5.41, 5.74) is 7.23. The van der Waals surface area contributed by atoms with Gasteiger partial charge in [-0.15, -0.1) is 11.3 Å². The van der Waals surface area contributed by atoms with Crippen molar-refractivity contribution in [2.45, 2.75) is 13.5 Å². The number of halogens is 1. The zero-order chi connectivity index (χ0) is 14.7. The second kappa shape index (κ2) is 6.21. The number of carbonyl (C=O) groups excluding carboxylic acids is 1. The molecule has 0 unspecified atom stereocenters. The normalized spacial score (nSPS) is 10.4. The van der Waals surface area contributed by atoms with Crippen LogP contribution in [-0.4, -0.2) is 18.0 Å². The summed E-state index contributed by atoms with van der Waals surface area (Å²) in [6, 6.07) is 3.42. The molecule has 1 amide bonds. The van der Waals surface area contributed by atoms with Gasteiger partial charge in [0.1, 0.15) is 16.5 Å². The lowest BCUT2D eigenvalue weighted by atomic mass is 10.2. The van der Waals surface area contributed by atoms with Gasteiger partial charge in [-0.2, -0.15) is 0 Å². The summed E-state index contributed by atoms with van der Waals surface area (Å²) >= 11 is 7.38. The van der Waals surface area contributed by atoms with Gasteiger partial charge in [-0.25, -0.2) is 4.98 Å². The topological polar surface area (TPSA) is 77.2 Å². The highest BCUT2D eigenvalue weighted by molar-refractivity contribution is 7.09. The van der Waals surface area contributed by atoms with E-state index < -0.39 is 0 Å². The summed E-state index contributed by atoms with van der Waals surface area (Å²) in [6.45, 7) is 2.17. The van der Waals surface area contributed by atoms with E-state index in [-0.39, 0.29) is 5.91 Å². The number of rotatable bonds is 4. The molecule has 106 valence electrons. The summed E-state index contributed by atoms with van der Waals surface area (Å²) in [7, 11) is 1.52. The summed E-state index contributed by atoms with van der Waals surface area (Å²) in [6.07, 6.45) is 0. The minimum Gasteiger partial charge on any atom is -0.495 e. The standard InChI is InChI=1S/C13H14ClN3O2S/c1-7-3-9(11(19-2)4-8(7)14)17-13(18)10-6-20-12(5-15)16-10/h3-4,6H,5,15H2,1-2H3,(H,17,18). The highest BCUT2D eigenvalue weighted by atomic mass is 35.5. The van der Waals surface area contributed by atoms with E-state index in [1.54, 1.807) is 17.5 Å². The molecule has 1 aromatic carbocycles. The Morgan fingerprint density at radius 2 is 2.30 bits per heavy atom. The van der Waals surface area contributed by atoms with Crippen molar-refractivity contribution >= 4 is 34.5 Å². The number of hydrogen-bond acceptors (Lipinski definition) is 5. The maximum atomic E-state index is 12.1. The molecule has 0 radical (unpaired) electrons. The first-order valence-electron chi connectivity index (χ1n) is 5.85. The maximum absolute atomic E-state index is 12.1. The molecule has 0 spiro atoms. The second-order valence-electron chi connectivity index (χ2n) is 4.09. The van der Waals surface area contributed by atoms with E-state index in [2.05, 4.69) is 10.3 Å². The Bertz CT molecular complexity index is 643. The molecular formula is C13H14ClN3O2S. The van der Waals surface area contributed by atoms with Gasteiger partial charge in [-0.05, 0) is 18.6 Å². The Kier molecular flexibility index (Phi) is 4.59. The van der Waals surface area contributed by atoms with Gasteiger partial charge in [-0.1, -0.05) is 11.6 Å². The van der Waals surface area contributed by atoms with Crippen LogP contribution in [-0.2, 0) is 6.54 Å². The van der Waals surface area contributed by atoms with Crippen LogP contribution in [0.1, 0.15) is 21.1 Å². The Morgan fingerprint density at radius 1 is 1.55 bits per heavy atom. The van der Waals surface area contributed by atoms with Crippen LogP contribution in [0, 0.1) is 6.92 Å². The molecule has 2 rings (SSSR count). The van der Waals surface area contributed by atoms with E-state index in [1.165, 1.54) is 18.4 Å². The van der Waals surface area contributed by atoms with Crippen LogP contribution < -0.4 is 15.8 Å². The van der Waals surface area contributed by atoms with Gasteiger partial charge in [0, 0.05) is 23.0 Å². The number of hydrogen-bond donors (Lipinski definition) is 2. The SMILES string of the molecule is COc1cc(Cl)c(C)cc1NC(=O)c1csc(CN)n1. The van der Waals surface area contributed by atoms with E-state index in [1.807, 2.05) is 6.92 Å². The van der Waals surface area contributed by atoms with Crippen molar-refractivity contribution in [1.82, 2.24) is 4.98 Å². The number of aryl methyl sites for hydroxylation is 1. The first kappa shape index (κ1) is 14.8. The van der Waals surface area contributed by atoms with Crippen molar-refractivity contribution < 1.29 is 9.53 Å². The molecule has 20 heavy (non-hydrogen) atoms. The highest BCUT2D eigenvalue weighted by Gasteiger charge is 2.14. The van der Waals surface area contributed by atoms with Crippen LogP contribution in [0.3, 0.4) is 0 Å². The number of benzene rings is 1. The molecule has 0 saturated heterocycles. The quantitative estimate of drug-likeness (QED) is 0.910. The molecule has 1 heterocycles. The molecule has 1 aromatic heterocycles. The number of carbonyl (C=O) groups is 1. The molecule has 0 bridgehead atoms. The smallest absolute Gasteiger partial charge is 0.275 e. The Labute approximate surface area is 125 Å². The first-order valence-corrected chi connectivity index (χ1v) is 7.11. The molecule has 0 atom stereocenters. The number of nitrogens with two attached hydrogens (primary N) is 1. The number of aromatic nitrogens is 1. The minimum absolute atomic E-state index is 0.305. The lowest BCUT2D eigenvalue weighted by Crippen LogP contribution is -2.13.